The van der Waals surface area contributed by atoms with Crippen molar-refractivity contribution in [3.05, 3.63) is 70.4 Å². The first-order valence-corrected chi connectivity index (χ1v) is 7.29. The van der Waals surface area contributed by atoms with Crippen LogP contribution in [-0.2, 0) is 0 Å². The summed E-state index contributed by atoms with van der Waals surface area (Å²) in [7, 11) is 0. The van der Waals surface area contributed by atoms with Crippen LogP contribution in [0.25, 0.3) is 16.6 Å². The van der Waals surface area contributed by atoms with Gasteiger partial charge in [-0.3, -0.25) is 10.1 Å². The molecule has 4 aromatic rings. The Hall–Kier alpha value is -3.48. The smallest absolute Gasteiger partial charge is 0.269 e. The summed E-state index contributed by atoms with van der Waals surface area (Å²) in [4.78, 5) is 14.8. The SMILES string of the molecule is Cc1cc2nc(Oc3ccc([N+](=O)[O-])cc3)c3ccccc3n2n1. The van der Waals surface area contributed by atoms with Crippen LogP contribution in [0.5, 0.6) is 11.6 Å². The monoisotopic (exact) mass is 320 g/mol. The van der Waals surface area contributed by atoms with Gasteiger partial charge in [-0.05, 0) is 31.2 Å². The Balaban J connectivity index is 1.84. The van der Waals surface area contributed by atoms with E-state index in [-0.39, 0.29) is 5.69 Å². The van der Waals surface area contributed by atoms with Crippen LogP contribution in [0, 0.1) is 17.0 Å². The Morgan fingerprint density at radius 1 is 1.12 bits per heavy atom. The highest BCUT2D eigenvalue weighted by molar-refractivity contribution is 5.86. The van der Waals surface area contributed by atoms with Crippen molar-refractivity contribution < 1.29 is 9.66 Å². The Morgan fingerprint density at radius 3 is 2.62 bits per heavy atom. The lowest BCUT2D eigenvalue weighted by molar-refractivity contribution is -0.384. The lowest BCUT2D eigenvalue weighted by Crippen LogP contribution is -1.97. The summed E-state index contributed by atoms with van der Waals surface area (Å²) in [6.45, 7) is 1.90. The summed E-state index contributed by atoms with van der Waals surface area (Å²) in [5, 5.41) is 16.0. The van der Waals surface area contributed by atoms with Gasteiger partial charge in [-0.2, -0.15) is 10.1 Å². The molecule has 0 saturated carbocycles. The van der Waals surface area contributed by atoms with Crippen LogP contribution in [-0.4, -0.2) is 19.5 Å². The molecular formula is C17H12N4O3. The van der Waals surface area contributed by atoms with E-state index in [4.69, 9.17) is 4.74 Å². The van der Waals surface area contributed by atoms with Gasteiger partial charge in [0, 0.05) is 18.2 Å². The van der Waals surface area contributed by atoms with Gasteiger partial charge in [-0.15, -0.1) is 0 Å². The molecule has 2 heterocycles. The van der Waals surface area contributed by atoms with Gasteiger partial charge in [0.2, 0.25) is 5.88 Å². The zero-order valence-electron chi connectivity index (χ0n) is 12.7. The Kier molecular flexibility index (Phi) is 3.13. The van der Waals surface area contributed by atoms with Crippen molar-refractivity contribution in [2.24, 2.45) is 0 Å². The average Bonchev–Trinajstić information content (AvgIpc) is 2.96. The van der Waals surface area contributed by atoms with Crippen molar-refractivity contribution in [3.8, 4) is 11.6 Å². The molecule has 0 amide bonds. The fourth-order valence-electron chi connectivity index (χ4n) is 2.57. The molecule has 118 valence electrons. The second-order valence-electron chi connectivity index (χ2n) is 5.34. The van der Waals surface area contributed by atoms with Crippen LogP contribution in [0.15, 0.2) is 54.6 Å². The molecule has 7 nitrogen and oxygen atoms in total. The number of ether oxygens (including phenoxy) is 1. The van der Waals surface area contributed by atoms with E-state index in [0.29, 0.717) is 17.3 Å². The predicted octanol–water partition coefficient (Wildman–Crippen LogP) is 3.89. The van der Waals surface area contributed by atoms with Crippen LogP contribution in [0.3, 0.4) is 0 Å². The molecule has 0 aliphatic carbocycles. The maximum absolute atomic E-state index is 10.7. The topological polar surface area (TPSA) is 82.6 Å². The molecule has 7 heteroatoms. The summed E-state index contributed by atoms with van der Waals surface area (Å²) in [6.07, 6.45) is 0. The van der Waals surface area contributed by atoms with E-state index in [1.165, 1.54) is 12.1 Å². The molecule has 0 aliphatic heterocycles. The Morgan fingerprint density at radius 2 is 1.88 bits per heavy atom. The first kappa shape index (κ1) is 14.1. The van der Waals surface area contributed by atoms with Crippen LogP contribution >= 0.6 is 0 Å². The molecule has 0 unspecified atom stereocenters. The number of fused-ring (bicyclic) bond motifs is 3. The van der Waals surface area contributed by atoms with E-state index in [1.54, 1.807) is 16.6 Å². The number of para-hydroxylation sites is 1. The third-order valence-corrected chi connectivity index (χ3v) is 3.65. The average molecular weight is 320 g/mol. The number of benzene rings is 2. The zero-order valence-corrected chi connectivity index (χ0v) is 12.7. The van der Waals surface area contributed by atoms with Gasteiger partial charge in [-0.25, -0.2) is 4.52 Å². The number of nitro benzene ring substituents is 1. The standard InChI is InChI=1S/C17H12N4O3/c1-11-10-16-18-17(14-4-2-3-5-15(14)20(16)19-11)24-13-8-6-12(7-9-13)21(22)23/h2-10H,1H3. The number of nitro groups is 1. The largest absolute Gasteiger partial charge is 0.438 e. The number of hydrogen-bond donors (Lipinski definition) is 0. The molecule has 0 N–H and O–H groups in total. The van der Waals surface area contributed by atoms with Crippen LogP contribution in [0.4, 0.5) is 5.69 Å². The van der Waals surface area contributed by atoms with E-state index in [2.05, 4.69) is 10.1 Å². The van der Waals surface area contributed by atoms with Crippen molar-refractivity contribution >= 4 is 22.2 Å². The highest BCUT2D eigenvalue weighted by Crippen LogP contribution is 2.30. The number of non-ortho nitro benzene ring substituents is 1. The van der Waals surface area contributed by atoms with Crippen LogP contribution in [0.1, 0.15) is 5.69 Å². The van der Waals surface area contributed by atoms with Gasteiger partial charge in [0.1, 0.15) is 5.75 Å². The lowest BCUT2D eigenvalue weighted by Gasteiger charge is -2.09. The van der Waals surface area contributed by atoms with Crippen molar-refractivity contribution in [3.63, 3.8) is 0 Å². The number of aryl methyl sites for hydroxylation is 1. The summed E-state index contributed by atoms with van der Waals surface area (Å²) < 4.78 is 7.64. The number of hydrogen-bond acceptors (Lipinski definition) is 5. The highest BCUT2D eigenvalue weighted by Gasteiger charge is 2.12. The minimum atomic E-state index is -0.446. The third kappa shape index (κ3) is 2.32. The van der Waals surface area contributed by atoms with Gasteiger partial charge in [-0.1, -0.05) is 12.1 Å². The number of rotatable bonds is 3. The molecule has 2 aromatic heterocycles. The summed E-state index contributed by atoms with van der Waals surface area (Å²) in [6, 6.07) is 15.5. The molecule has 0 fully saturated rings. The molecule has 0 bridgehead atoms. The second kappa shape index (κ2) is 5.31. The third-order valence-electron chi connectivity index (χ3n) is 3.65. The summed E-state index contributed by atoms with van der Waals surface area (Å²) in [5.74, 6) is 0.922. The van der Waals surface area contributed by atoms with E-state index in [9.17, 15) is 10.1 Å². The molecule has 0 atom stereocenters. The molecular weight excluding hydrogens is 308 g/mol. The first-order valence-electron chi connectivity index (χ1n) is 7.29. The van der Waals surface area contributed by atoms with Crippen LogP contribution in [0.2, 0.25) is 0 Å². The molecule has 4 rings (SSSR count). The highest BCUT2D eigenvalue weighted by atomic mass is 16.6. The van der Waals surface area contributed by atoms with Gasteiger partial charge < -0.3 is 4.74 Å². The molecule has 0 saturated heterocycles. The minimum absolute atomic E-state index is 0.0158. The van der Waals surface area contributed by atoms with Crippen LogP contribution < -0.4 is 4.74 Å². The van der Waals surface area contributed by atoms with Gasteiger partial charge in [0.05, 0.1) is 21.5 Å². The first-order chi connectivity index (χ1) is 11.6. The fraction of sp³-hybridized carbons (Fsp3) is 0.0588. The normalized spacial score (nSPS) is 11.0. The van der Waals surface area contributed by atoms with Crippen molar-refractivity contribution in [2.75, 3.05) is 0 Å². The van der Waals surface area contributed by atoms with E-state index >= 15 is 0 Å². The maximum atomic E-state index is 10.7. The molecule has 0 aliphatic rings. The van der Waals surface area contributed by atoms with E-state index in [0.717, 1.165) is 16.6 Å². The number of nitrogens with zero attached hydrogens (tertiary/aromatic N) is 4. The zero-order chi connectivity index (χ0) is 16.7. The Labute approximate surface area is 136 Å². The van der Waals surface area contributed by atoms with E-state index in [1.807, 2.05) is 37.3 Å². The fourth-order valence-corrected chi connectivity index (χ4v) is 2.57. The maximum Gasteiger partial charge on any atom is 0.269 e. The van der Waals surface area contributed by atoms with E-state index < -0.39 is 4.92 Å². The summed E-state index contributed by atoms with van der Waals surface area (Å²) >= 11 is 0. The van der Waals surface area contributed by atoms with Crippen molar-refractivity contribution in [1.82, 2.24) is 14.6 Å². The van der Waals surface area contributed by atoms with Gasteiger partial charge >= 0.3 is 0 Å². The molecule has 24 heavy (non-hydrogen) atoms. The molecule has 2 aromatic carbocycles. The van der Waals surface area contributed by atoms with Crippen molar-refractivity contribution in [2.45, 2.75) is 6.92 Å². The lowest BCUT2D eigenvalue weighted by atomic mass is 10.2. The number of aromatic nitrogens is 3. The quantitative estimate of drug-likeness (QED) is 0.422. The Bertz CT molecular complexity index is 1070. The predicted molar refractivity (Wildman–Crippen MR) is 88.4 cm³/mol. The van der Waals surface area contributed by atoms with Gasteiger partial charge in [0.15, 0.2) is 5.65 Å². The second-order valence-corrected chi connectivity index (χ2v) is 5.34. The van der Waals surface area contributed by atoms with Crippen molar-refractivity contribution in [1.29, 1.82) is 0 Å². The summed E-state index contributed by atoms with van der Waals surface area (Å²) in [5.41, 5.74) is 2.44. The molecule has 0 spiro atoms. The minimum Gasteiger partial charge on any atom is -0.438 e. The molecule has 0 radical (unpaired) electrons. The van der Waals surface area contributed by atoms with Gasteiger partial charge in [0.25, 0.3) is 5.69 Å².